The Balaban J connectivity index is 1.87. The average molecular weight is 408 g/mol. The van der Waals surface area contributed by atoms with Gasteiger partial charge in [-0.15, -0.1) is 6.58 Å². The lowest BCUT2D eigenvalue weighted by Crippen LogP contribution is -2.47. The summed E-state index contributed by atoms with van der Waals surface area (Å²) < 4.78 is 0. The monoisotopic (exact) mass is 407 g/mol. The second kappa shape index (κ2) is 10.4. The van der Waals surface area contributed by atoms with Crippen LogP contribution in [0.2, 0.25) is 0 Å². The Morgan fingerprint density at radius 1 is 1.07 bits per heavy atom. The zero-order valence-electron chi connectivity index (χ0n) is 18.1. The van der Waals surface area contributed by atoms with Crippen molar-refractivity contribution < 1.29 is 9.90 Å². The van der Waals surface area contributed by atoms with Crippen LogP contribution in [0.15, 0.2) is 61.2 Å². The van der Waals surface area contributed by atoms with Gasteiger partial charge in [0.25, 0.3) is 5.91 Å². The van der Waals surface area contributed by atoms with E-state index in [0.717, 1.165) is 43.9 Å². The van der Waals surface area contributed by atoms with Crippen LogP contribution < -0.4 is 0 Å². The number of phenols is 1. The molecule has 2 aromatic rings. The molecule has 1 amide bonds. The molecule has 0 aromatic heterocycles. The minimum atomic E-state index is 0.0422. The van der Waals surface area contributed by atoms with Gasteiger partial charge in [0.05, 0.1) is 6.04 Å². The standard InChI is InChI=1S/C25H33N3O2/c1-4-14-26-15-17-28(18-16-26)24(22-8-7-9-23(29)19-22)20-10-12-21(13-11-20)25(30)27(5-2)6-3/h4,7-13,19,24,29H,1,5-6,14-18H2,2-3H3. The number of nitrogens with zero attached hydrogens (tertiary/aromatic N) is 3. The van der Waals surface area contributed by atoms with Gasteiger partial charge in [-0.25, -0.2) is 0 Å². The van der Waals surface area contributed by atoms with Gasteiger partial charge in [0, 0.05) is 51.4 Å². The molecule has 3 rings (SSSR count). The van der Waals surface area contributed by atoms with Crippen molar-refractivity contribution in [2.24, 2.45) is 0 Å². The predicted octanol–water partition coefficient (Wildman–Crippen LogP) is 3.77. The molecule has 1 atom stereocenters. The maximum absolute atomic E-state index is 12.7. The molecule has 1 unspecified atom stereocenters. The fourth-order valence-electron chi connectivity index (χ4n) is 4.20. The Morgan fingerprint density at radius 2 is 1.73 bits per heavy atom. The summed E-state index contributed by atoms with van der Waals surface area (Å²) in [6.45, 7) is 14.0. The first-order chi connectivity index (χ1) is 14.6. The predicted molar refractivity (Wildman–Crippen MR) is 122 cm³/mol. The van der Waals surface area contributed by atoms with Crippen LogP contribution in [0, 0.1) is 0 Å². The van der Waals surface area contributed by atoms with Crippen molar-refractivity contribution in [3.05, 3.63) is 77.9 Å². The Hall–Kier alpha value is -2.63. The Morgan fingerprint density at radius 3 is 2.30 bits per heavy atom. The molecule has 0 aliphatic carbocycles. The molecule has 1 heterocycles. The maximum atomic E-state index is 12.7. The molecule has 1 saturated heterocycles. The largest absolute Gasteiger partial charge is 0.508 e. The van der Waals surface area contributed by atoms with Crippen molar-refractivity contribution in [2.75, 3.05) is 45.8 Å². The van der Waals surface area contributed by atoms with Crippen molar-refractivity contribution in [3.63, 3.8) is 0 Å². The number of carbonyl (C=O) groups excluding carboxylic acids is 1. The second-order valence-electron chi connectivity index (χ2n) is 7.72. The van der Waals surface area contributed by atoms with Gasteiger partial charge >= 0.3 is 0 Å². The third-order valence-electron chi connectivity index (χ3n) is 5.87. The summed E-state index contributed by atoms with van der Waals surface area (Å²) in [5.74, 6) is 0.342. The van der Waals surface area contributed by atoms with E-state index < -0.39 is 0 Å². The van der Waals surface area contributed by atoms with Gasteiger partial charge in [-0.2, -0.15) is 0 Å². The minimum Gasteiger partial charge on any atom is -0.508 e. The van der Waals surface area contributed by atoms with Crippen LogP contribution in [0.4, 0.5) is 0 Å². The number of amides is 1. The van der Waals surface area contributed by atoms with E-state index in [2.05, 4.69) is 34.6 Å². The molecule has 1 aliphatic rings. The summed E-state index contributed by atoms with van der Waals surface area (Å²) in [7, 11) is 0. The highest BCUT2D eigenvalue weighted by Crippen LogP contribution is 2.31. The van der Waals surface area contributed by atoms with E-state index >= 15 is 0 Å². The SMILES string of the molecule is C=CCN1CCN(C(c2ccc(C(=O)N(CC)CC)cc2)c2cccc(O)c2)CC1. The molecular formula is C25H33N3O2. The third-order valence-corrected chi connectivity index (χ3v) is 5.87. The molecule has 30 heavy (non-hydrogen) atoms. The van der Waals surface area contributed by atoms with Crippen molar-refractivity contribution in [1.82, 2.24) is 14.7 Å². The second-order valence-corrected chi connectivity index (χ2v) is 7.72. The first kappa shape index (κ1) is 22.1. The van der Waals surface area contributed by atoms with Crippen LogP contribution >= 0.6 is 0 Å². The highest BCUT2D eigenvalue weighted by molar-refractivity contribution is 5.94. The number of hydrogen-bond acceptors (Lipinski definition) is 4. The third kappa shape index (κ3) is 5.10. The molecular weight excluding hydrogens is 374 g/mol. The highest BCUT2D eigenvalue weighted by Gasteiger charge is 2.26. The van der Waals surface area contributed by atoms with E-state index in [1.165, 1.54) is 0 Å². The van der Waals surface area contributed by atoms with E-state index in [0.29, 0.717) is 18.7 Å². The van der Waals surface area contributed by atoms with Gasteiger partial charge in [-0.3, -0.25) is 14.6 Å². The van der Waals surface area contributed by atoms with Gasteiger partial charge < -0.3 is 10.0 Å². The van der Waals surface area contributed by atoms with Crippen LogP contribution in [0.3, 0.4) is 0 Å². The first-order valence-electron chi connectivity index (χ1n) is 10.8. The van der Waals surface area contributed by atoms with Crippen LogP contribution in [-0.2, 0) is 0 Å². The van der Waals surface area contributed by atoms with Crippen molar-refractivity contribution in [3.8, 4) is 5.75 Å². The topological polar surface area (TPSA) is 47.0 Å². The molecule has 5 heteroatoms. The zero-order chi connectivity index (χ0) is 21.5. The highest BCUT2D eigenvalue weighted by atomic mass is 16.3. The lowest BCUT2D eigenvalue weighted by Gasteiger charge is -2.39. The molecule has 1 N–H and O–H groups in total. The van der Waals surface area contributed by atoms with Gasteiger partial charge in [-0.05, 0) is 49.2 Å². The van der Waals surface area contributed by atoms with Crippen molar-refractivity contribution in [2.45, 2.75) is 19.9 Å². The van der Waals surface area contributed by atoms with Crippen molar-refractivity contribution >= 4 is 5.91 Å². The average Bonchev–Trinajstić information content (AvgIpc) is 2.77. The Bertz CT molecular complexity index is 838. The van der Waals surface area contributed by atoms with E-state index in [9.17, 15) is 9.90 Å². The number of carbonyl (C=O) groups is 1. The fourth-order valence-corrected chi connectivity index (χ4v) is 4.20. The number of hydrogen-bond donors (Lipinski definition) is 1. The molecule has 0 bridgehead atoms. The molecule has 1 fully saturated rings. The normalized spacial score (nSPS) is 16.2. The first-order valence-corrected chi connectivity index (χ1v) is 10.8. The Kier molecular flexibility index (Phi) is 7.66. The molecule has 2 aromatic carbocycles. The number of benzene rings is 2. The van der Waals surface area contributed by atoms with Gasteiger partial charge in [0.2, 0.25) is 0 Å². The molecule has 0 radical (unpaired) electrons. The quantitative estimate of drug-likeness (QED) is 0.677. The minimum absolute atomic E-state index is 0.0422. The number of piperazine rings is 1. The number of aromatic hydroxyl groups is 1. The zero-order valence-corrected chi connectivity index (χ0v) is 18.1. The van der Waals surface area contributed by atoms with E-state index in [1.54, 1.807) is 6.07 Å². The molecule has 0 saturated carbocycles. The summed E-state index contributed by atoms with van der Waals surface area (Å²) in [6.07, 6.45) is 1.95. The van der Waals surface area contributed by atoms with Crippen LogP contribution in [0.5, 0.6) is 5.75 Å². The summed E-state index contributed by atoms with van der Waals surface area (Å²) in [4.78, 5) is 19.4. The lowest BCUT2D eigenvalue weighted by molar-refractivity contribution is 0.0773. The van der Waals surface area contributed by atoms with E-state index in [-0.39, 0.29) is 17.7 Å². The van der Waals surface area contributed by atoms with Crippen LogP contribution in [-0.4, -0.2) is 71.5 Å². The summed E-state index contributed by atoms with van der Waals surface area (Å²) in [5, 5.41) is 10.1. The van der Waals surface area contributed by atoms with Crippen molar-refractivity contribution in [1.29, 1.82) is 0 Å². The van der Waals surface area contributed by atoms with Gasteiger partial charge in [0.1, 0.15) is 5.75 Å². The van der Waals surface area contributed by atoms with Gasteiger partial charge in [-0.1, -0.05) is 30.3 Å². The summed E-state index contributed by atoms with van der Waals surface area (Å²) in [6, 6.07) is 15.5. The Labute approximate surface area is 180 Å². The summed E-state index contributed by atoms with van der Waals surface area (Å²) >= 11 is 0. The number of phenolic OH excluding ortho intramolecular Hbond substituents is 1. The maximum Gasteiger partial charge on any atom is 0.253 e. The molecule has 5 nitrogen and oxygen atoms in total. The molecule has 1 aliphatic heterocycles. The van der Waals surface area contributed by atoms with Crippen LogP contribution in [0.1, 0.15) is 41.4 Å². The number of rotatable bonds is 8. The van der Waals surface area contributed by atoms with Gasteiger partial charge in [0.15, 0.2) is 0 Å². The molecule has 160 valence electrons. The fraction of sp³-hybridized carbons (Fsp3) is 0.400. The smallest absolute Gasteiger partial charge is 0.253 e. The van der Waals surface area contributed by atoms with E-state index in [4.69, 9.17) is 0 Å². The summed E-state index contributed by atoms with van der Waals surface area (Å²) in [5.41, 5.74) is 2.91. The van der Waals surface area contributed by atoms with E-state index in [1.807, 2.05) is 49.1 Å². The van der Waals surface area contributed by atoms with Crippen LogP contribution in [0.25, 0.3) is 0 Å². The molecule has 0 spiro atoms. The lowest BCUT2D eigenvalue weighted by atomic mass is 9.95.